The smallest absolute Gasteiger partial charge is 0.337 e. The summed E-state index contributed by atoms with van der Waals surface area (Å²) in [6.07, 6.45) is 4.07. The number of rotatable bonds is 11. The molecule has 4 aromatic rings. The first kappa shape index (κ1) is 25.0. The van der Waals surface area contributed by atoms with Crippen LogP contribution >= 0.6 is 0 Å². The molecule has 6 nitrogen and oxygen atoms in total. The van der Waals surface area contributed by atoms with Crippen LogP contribution in [0.4, 0.5) is 0 Å². The van der Waals surface area contributed by atoms with Gasteiger partial charge in [-0.05, 0) is 95.8 Å². The number of fused-ring (bicyclic) bond motifs is 2. The molecule has 0 radical (unpaired) electrons. The zero-order chi connectivity index (χ0) is 25.3. The summed E-state index contributed by atoms with van der Waals surface area (Å²) in [6, 6.07) is 22.7. The van der Waals surface area contributed by atoms with Crippen LogP contribution in [0.2, 0.25) is 0 Å². The van der Waals surface area contributed by atoms with Crippen molar-refractivity contribution in [1.82, 2.24) is 0 Å². The average molecular weight is 487 g/mol. The van der Waals surface area contributed by atoms with Crippen molar-refractivity contribution in [2.75, 3.05) is 27.4 Å². The van der Waals surface area contributed by atoms with Crippen molar-refractivity contribution in [3.63, 3.8) is 0 Å². The van der Waals surface area contributed by atoms with Crippen molar-refractivity contribution in [2.24, 2.45) is 0 Å². The van der Waals surface area contributed by atoms with Crippen LogP contribution < -0.4 is 9.47 Å². The van der Waals surface area contributed by atoms with Gasteiger partial charge in [0.2, 0.25) is 0 Å². The highest BCUT2D eigenvalue weighted by Gasteiger charge is 2.08. The van der Waals surface area contributed by atoms with Gasteiger partial charge in [0.05, 0.1) is 38.6 Å². The maximum absolute atomic E-state index is 11.7. The SMILES string of the molecule is COC(=O)c1ccc2cc(OCCCCCCOc3ccc4cc(C(=O)OC)ccc4c3)ccc2c1. The topological polar surface area (TPSA) is 71.1 Å². The van der Waals surface area contributed by atoms with Gasteiger partial charge in [0, 0.05) is 0 Å². The fourth-order valence-corrected chi connectivity index (χ4v) is 4.05. The fourth-order valence-electron chi connectivity index (χ4n) is 4.05. The molecule has 0 atom stereocenters. The van der Waals surface area contributed by atoms with E-state index < -0.39 is 0 Å². The van der Waals surface area contributed by atoms with Gasteiger partial charge in [-0.25, -0.2) is 9.59 Å². The van der Waals surface area contributed by atoms with Crippen molar-refractivity contribution < 1.29 is 28.5 Å². The molecule has 186 valence electrons. The lowest BCUT2D eigenvalue weighted by atomic mass is 10.1. The van der Waals surface area contributed by atoms with E-state index in [1.165, 1.54) is 14.2 Å². The highest BCUT2D eigenvalue weighted by molar-refractivity contribution is 5.96. The lowest BCUT2D eigenvalue weighted by Gasteiger charge is -2.09. The number of unbranched alkanes of at least 4 members (excludes halogenated alkanes) is 3. The second-order valence-corrected chi connectivity index (χ2v) is 8.54. The van der Waals surface area contributed by atoms with E-state index in [0.717, 1.165) is 58.7 Å². The summed E-state index contributed by atoms with van der Waals surface area (Å²) in [6.45, 7) is 1.32. The van der Waals surface area contributed by atoms with Gasteiger partial charge < -0.3 is 18.9 Å². The lowest BCUT2D eigenvalue weighted by molar-refractivity contribution is 0.0592. The minimum atomic E-state index is -0.338. The van der Waals surface area contributed by atoms with Crippen molar-refractivity contribution in [2.45, 2.75) is 25.7 Å². The van der Waals surface area contributed by atoms with Gasteiger partial charge in [-0.3, -0.25) is 0 Å². The Bertz CT molecular complexity index is 1260. The molecule has 0 fully saturated rings. The van der Waals surface area contributed by atoms with E-state index in [-0.39, 0.29) is 11.9 Å². The molecular weight excluding hydrogens is 456 g/mol. The molecule has 0 aliphatic carbocycles. The lowest BCUT2D eigenvalue weighted by Crippen LogP contribution is -2.01. The van der Waals surface area contributed by atoms with E-state index in [9.17, 15) is 9.59 Å². The van der Waals surface area contributed by atoms with E-state index in [0.29, 0.717) is 24.3 Å². The van der Waals surface area contributed by atoms with Crippen LogP contribution in [0.15, 0.2) is 72.8 Å². The van der Waals surface area contributed by atoms with E-state index in [4.69, 9.17) is 18.9 Å². The van der Waals surface area contributed by atoms with E-state index >= 15 is 0 Å². The third-order valence-electron chi connectivity index (χ3n) is 6.04. The minimum absolute atomic E-state index is 0.338. The molecular formula is C30H30O6. The number of carbonyl (C=O) groups excluding carboxylic acids is 2. The van der Waals surface area contributed by atoms with Gasteiger partial charge in [-0.1, -0.05) is 24.3 Å². The monoisotopic (exact) mass is 486 g/mol. The predicted octanol–water partition coefficient (Wildman–Crippen LogP) is 6.58. The summed E-state index contributed by atoms with van der Waals surface area (Å²) in [5, 5.41) is 4.00. The third-order valence-corrected chi connectivity index (χ3v) is 6.04. The average Bonchev–Trinajstić information content (AvgIpc) is 2.92. The summed E-state index contributed by atoms with van der Waals surface area (Å²) in [4.78, 5) is 23.4. The number of hydrogen-bond donors (Lipinski definition) is 0. The molecule has 6 heteroatoms. The molecule has 0 spiro atoms. The molecule has 0 saturated heterocycles. The molecule has 0 aromatic heterocycles. The zero-order valence-corrected chi connectivity index (χ0v) is 20.6. The first-order chi connectivity index (χ1) is 17.6. The second kappa shape index (κ2) is 12.1. The number of esters is 2. The Kier molecular flexibility index (Phi) is 8.40. The Balaban J connectivity index is 1.15. The first-order valence-corrected chi connectivity index (χ1v) is 12.1. The molecule has 0 heterocycles. The number of methoxy groups -OCH3 is 2. The largest absolute Gasteiger partial charge is 0.494 e. The Morgan fingerprint density at radius 2 is 0.917 bits per heavy atom. The highest BCUT2D eigenvalue weighted by Crippen LogP contribution is 2.24. The molecule has 4 rings (SSSR count). The van der Waals surface area contributed by atoms with Crippen molar-refractivity contribution in [3.8, 4) is 11.5 Å². The van der Waals surface area contributed by atoms with Crippen LogP contribution in [0.25, 0.3) is 21.5 Å². The summed E-state index contributed by atoms with van der Waals surface area (Å²) in [5.74, 6) is 0.976. The Morgan fingerprint density at radius 1 is 0.528 bits per heavy atom. The predicted molar refractivity (Wildman–Crippen MR) is 140 cm³/mol. The molecule has 4 aromatic carbocycles. The van der Waals surface area contributed by atoms with Crippen LogP contribution in [0, 0.1) is 0 Å². The number of ether oxygens (including phenoxy) is 4. The van der Waals surface area contributed by atoms with Gasteiger partial charge in [0.1, 0.15) is 11.5 Å². The molecule has 0 amide bonds. The molecule has 0 aliphatic heterocycles. The van der Waals surface area contributed by atoms with Crippen molar-refractivity contribution in [3.05, 3.63) is 83.9 Å². The minimum Gasteiger partial charge on any atom is -0.494 e. The van der Waals surface area contributed by atoms with Crippen molar-refractivity contribution in [1.29, 1.82) is 0 Å². The number of hydrogen-bond acceptors (Lipinski definition) is 6. The van der Waals surface area contributed by atoms with Crippen molar-refractivity contribution >= 4 is 33.5 Å². The van der Waals surface area contributed by atoms with Crippen LogP contribution in [0.1, 0.15) is 46.4 Å². The van der Waals surface area contributed by atoms with Crippen LogP contribution in [0.3, 0.4) is 0 Å². The number of benzene rings is 4. The molecule has 0 unspecified atom stereocenters. The van der Waals surface area contributed by atoms with Crippen LogP contribution in [-0.4, -0.2) is 39.4 Å². The first-order valence-electron chi connectivity index (χ1n) is 12.1. The standard InChI is InChI=1S/C30H30O6/c1-33-29(31)25-9-7-23-19-27(13-11-21(23)17-25)35-15-5-3-4-6-16-36-28-14-12-22-18-26(30(32)34-2)10-8-24(22)20-28/h7-14,17-20H,3-6,15-16H2,1-2H3. The third kappa shape index (κ3) is 6.33. The maximum atomic E-state index is 11.7. The van der Waals surface area contributed by atoms with E-state index in [1.54, 1.807) is 12.1 Å². The molecule has 0 N–H and O–H groups in total. The second-order valence-electron chi connectivity index (χ2n) is 8.54. The Hall–Kier alpha value is -4.06. The molecule has 0 bridgehead atoms. The zero-order valence-electron chi connectivity index (χ0n) is 20.6. The van der Waals surface area contributed by atoms with E-state index in [1.807, 2.05) is 60.7 Å². The quantitative estimate of drug-likeness (QED) is 0.176. The molecule has 0 aliphatic rings. The molecule has 36 heavy (non-hydrogen) atoms. The molecule has 0 saturated carbocycles. The Morgan fingerprint density at radius 3 is 1.33 bits per heavy atom. The summed E-state index contributed by atoms with van der Waals surface area (Å²) < 4.78 is 21.4. The highest BCUT2D eigenvalue weighted by atomic mass is 16.5. The van der Waals surface area contributed by atoms with Gasteiger partial charge in [-0.2, -0.15) is 0 Å². The maximum Gasteiger partial charge on any atom is 0.337 e. The number of carbonyl (C=O) groups is 2. The van der Waals surface area contributed by atoms with Gasteiger partial charge in [0.15, 0.2) is 0 Å². The van der Waals surface area contributed by atoms with Crippen LogP contribution in [0.5, 0.6) is 11.5 Å². The summed E-state index contributed by atoms with van der Waals surface area (Å²) in [5.41, 5.74) is 1.08. The normalized spacial score (nSPS) is 10.8. The van der Waals surface area contributed by atoms with E-state index in [2.05, 4.69) is 0 Å². The van der Waals surface area contributed by atoms with Gasteiger partial charge in [-0.15, -0.1) is 0 Å². The fraction of sp³-hybridized carbons (Fsp3) is 0.267. The summed E-state index contributed by atoms with van der Waals surface area (Å²) >= 11 is 0. The van der Waals surface area contributed by atoms with Crippen LogP contribution in [-0.2, 0) is 9.47 Å². The Labute approximate surface area is 210 Å². The van der Waals surface area contributed by atoms with Gasteiger partial charge >= 0.3 is 11.9 Å². The summed E-state index contributed by atoms with van der Waals surface area (Å²) in [7, 11) is 2.76. The van der Waals surface area contributed by atoms with Gasteiger partial charge in [0.25, 0.3) is 0 Å².